The number of hydrogen-bond donors (Lipinski definition) is 0. The molecule has 0 N–H and O–H groups in total. The Hall–Kier alpha value is -1.41. The van der Waals surface area contributed by atoms with Crippen LogP contribution in [0.5, 0.6) is 0 Å². The molecule has 0 amide bonds. The molecule has 0 saturated heterocycles. The Labute approximate surface area is 98.9 Å². The van der Waals surface area contributed by atoms with Crippen molar-refractivity contribution in [1.29, 1.82) is 5.26 Å². The van der Waals surface area contributed by atoms with Crippen LogP contribution < -0.4 is 0 Å². The summed E-state index contributed by atoms with van der Waals surface area (Å²) in [5.74, 6) is -1.09. The molecule has 0 bridgehead atoms. The number of rotatable bonds is 5. The monoisotopic (exact) mass is 238 g/mol. The van der Waals surface area contributed by atoms with Crippen molar-refractivity contribution < 1.29 is 9.53 Å². The van der Waals surface area contributed by atoms with Crippen LogP contribution in [0.15, 0.2) is 5.51 Å². The smallest absolute Gasteiger partial charge is 0.323 e. The van der Waals surface area contributed by atoms with Crippen molar-refractivity contribution in [3.8, 4) is 6.07 Å². The molecular weight excluding hydrogens is 224 g/mol. The molecule has 4 nitrogen and oxygen atoms in total. The Balaban J connectivity index is 2.50. The van der Waals surface area contributed by atoms with Crippen LogP contribution in [-0.2, 0) is 16.0 Å². The second kappa shape index (κ2) is 6.23. The second-order valence-electron chi connectivity index (χ2n) is 3.33. The van der Waals surface area contributed by atoms with Crippen molar-refractivity contribution in [3.63, 3.8) is 0 Å². The van der Waals surface area contributed by atoms with Crippen LogP contribution in [0.3, 0.4) is 0 Å². The Morgan fingerprint density at radius 2 is 2.50 bits per heavy atom. The van der Waals surface area contributed by atoms with Crippen molar-refractivity contribution in [3.05, 3.63) is 16.1 Å². The number of carbonyl (C=O) groups excluding carboxylic acids is 1. The van der Waals surface area contributed by atoms with Crippen molar-refractivity contribution in [2.45, 2.75) is 26.7 Å². The number of aryl methyl sites for hydroxylation is 2. The molecule has 5 heteroatoms. The molecule has 0 aliphatic rings. The van der Waals surface area contributed by atoms with E-state index in [1.165, 1.54) is 0 Å². The van der Waals surface area contributed by atoms with E-state index in [4.69, 9.17) is 10.00 Å². The molecule has 1 aromatic heterocycles. The lowest BCUT2D eigenvalue weighted by atomic mass is 10.0. The van der Waals surface area contributed by atoms with Crippen LogP contribution in [-0.4, -0.2) is 17.6 Å². The van der Waals surface area contributed by atoms with Crippen LogP contribution in [0.4, 0.5) is 0 Å². The van der Waals surface area contributed by atoms with E-state index < -0.39 is 11.9 Å². The van der Waals surface area contributed by atoms with Crippen molar-refractivity contribution in [2.24, 2.45) is 5.92 Å². The minimum Gasteiger partial charge on any atom is -0.465 e. The minimum absolute atomic E-state index is 0.316. The van der Waals surface area contributed by atoms with Gasteiger partial charge in [0, 0.05) is 4.88 Å². The highest BCUT2D eigenvalue weighted by Crippen LogP contribution is 2.17. The van der Waals surface area contributed by atoms with Gasteiger partial charge in [-0.3, -0.25) is 4.79 Å². The van der Waals surface area contributed by atoms with Gasteiger partial charge in [0.15, 0.2) is 0 Å². The number of hydrogen-bond acceptors (Lipinski definition) is 5. The van der Waals surface area contributed by atoms with Gasteiger partial charge in [0.05, 0.1) is 23.9 Å². The first-order valence-electron chi connectivity index (χ1n) is 5.14. The van der Waals surface area contributed by atoms with Crippen LogP contribution in [0.25, 0.3) is 0 Å². The number of nitrogens with zero attached hydrogens (tertiary/aromatic N) is 2. The zero-order chi connectivity index (χ0) is 12.0. The summed E-state index contributed by atoms with van der Waals surface area (Å²) in [6.07, 6.45) is 1.20. The molecule has 1 heterocycles. The number of aromatic nitrogens is 1. The van der Waals surface area contributed by atoms with Gasteiger partial charge in [-0.05, 0) is 26.7 Å². The van der Waals surface area contributed by atoms with Gasteiger partial charge >= 0.3 is 5.97 Å². The van der Waals surface area contributed by atoms with Crippen LogP contribution in [0.1, 0.15) is 23.9 Å². The van der Waals surface area contributed by atoms with E-state index in [0.29, 0.717) is 19.4 Å². The van der Waals surface area contributed by atoms with E-state index in [-0.39, 0.29) is 0 Å². The zero-order valence-corrected chi connectivity index (χ0v) is 10.2. The molecular formula is C11H14N2O2S. The van der Waals surface area contributed by atoms with Gasteiger partial charge in [0.25, 0.3) is 0 Å². The molecule has 0 saturated carbocycles. The van der Waals surface area contributed by atoms with Crippen LogP contribution in [0.2, 0.25) is 0 Å². The molecule has 1 aromatic rings. The fourth-order valence-corrected chi connectivity index (χ4v) is 2.12. The predicted octanol–water partition coefficient (Wildman–Crippen LogP) is 2.09. The zero-order valence-electron chi connectivity index (χ0n) is 9.40. The average Bonchev–Trinajstić information content (AvgIpc) is 2.66. The maximum Gasteiger partial charge on any atom is 0.323 e. The first-order valence-corrected chi connectivity index (χ1v) is 6.02. The summed E-state index contributed by atoms with van der Waals surface area (Å²) in [7, 11) is 0. The van der Waals surface area contributed by atoms with E-state index in [2.05, 4.69) is 4.98 Å². The maximum atomic E-state index is 11.4. The lowest BCUT2D eigenvalue weighted by Crippen LogP contribution is -2.16. The van der Waals surface area contributed by atoms with E-state index in [1.807, 2.05) is 13.0 Å². The SMILES string of the molecule is CCOC(=O)C(C#N)CCc1scnc1C. The molecule has 0 aliphatic carbocycles. The molecule has 0 aliphatic heterocycles. The summed E-state index contributed by atoms with van der Waals surface area (Å²) in [6.45, 7) is 3.98. The molecule has 1 atom stereocenters. The van der Waals surface area contributed by atoms with Gasteiger partial charge in [-0.25, -0.2) is 4.98 Å². The Bertz CT molecular complexity index is 395. The third-order valence-corrected chi connectivity index (χ3v) is 3.23. The summed E-state index contributed by atoms with van der Waals surface area (Å²) in [6, 6.07) is 1.98. The molecule has 0 fully saturated rings. The lowest BCUT2D eigenvalue weighted by Gasteiger charge is -2.07. The van der Waals surface area contributed by atoms with E-state index in [1.54, 1.807) is 23.8 Å². The Morgan fingerprint density at radius 3 is 3.00 bits per heavy atom. The van der Waals surface area contributed by atoms with E-state index in [9.17, 15) is 4.79 Å². The van der Waals surface area contributed by atoms with Crippen molar-refractivity contribution in [2.75, 3.05) is 6.61 Å². The minimum atomic E-state index is -0.665. The normalized spacial score (nSPS) is 11.8. The fourth-order valence-electron chi connectivity index (χ4n) is 1.32. The molecule has 0 aromatic carbocycles. The lowest BCUT2D eigenvalue weighted by molar-refractivity contribution is -0.146. The first kappa shape index (κ1) is 12.7. The van der Waals surface area contributed by atoms with Gasteiger partial charge in [-0.2, -0.15) is 5.26 Å². The third kappa shape index (κ3) is 3.31. The summed E-state index contributed by atoms with van der Waals surface area (Å²) in [5.41, 5.74) is 2.75. The van der Waals surface area contributed by atoms with Gasteiger partial charge in [0.1, 0.15) is 5.92 Å². The molecule has 1 rings (SSSR count). The predicted molar refractivity (Wildman–Crippen MR) is 60.9 cm³/mol. The van der Waals surface area contributed by atoms with Gasteiger partial charge in [-0.15, -0.1) is 11.3 Å². The number of carbonyl (C=O) groups is 1. The fraction of sp³-hybridized carbons (Fsp3) is 0.545. The standard InChI is InChI=1S/C11H14N2O2S/c1-3-15-11(14)9(6-12)4-5-10-8(2)13-7-16-10/h7,9H,3-5H2,1-2H3. The second-order valence-corrected chi connectivity index (χ2v) is 4.27. The van der Waals surface area contributed by atoms with Crippen LogP contribution in [0, 0.1) is 24.2 Å². The van der Waals surface area contributed by atoms with Crippen LogP contribution >= 0.6 is 11.3 Å². The number of thiazole rings is 1. The van der Waals surface area contributed by atoms with E-state index in [0.717, 1.165) is 10.6 Å². The summed E-state index contributed by atoms with van der Waals surface area (Å²) >= 11 is 1.55. The molecule has 1 unspecified atom stereocenters. The third-order valence-electron chi connectivity index (χ3n) is 2.23. The molecule has 0 radical (unpaired) electrons. The Kier molecular flexibility index (Phi) is 4.93. The number of esters is 1. The number of nitriles is 1. The van der Waals surface area contributed by atoms with Crippen molar-refractivity contribution in [1.82, 2.24) is 4.98 Å². The summed E-state index contributed by atoms with van der Waals surface area (Å²) < 4.78 is 4.82. The van der Waals surface area contributed by atoms with Gasteiger partial charge in [-0.1, -0.05) is 0 Å². The van der Waals surface area contributed by atoms with Crippen molar-refractivity contribution >= 4 is 17.3 Å². The summed E-state index contributed by atoms with van der Waals surface area (Å²) in [5, 5.41) is 8.86. The largest absolute Gasteiger partial charge is 0.465 e. The Morgan fingerprint density at radius 1 is 1.75 bits per heavy atom. The highest BCUT2D eigenvalue weighted by molar-refractivity contribution is 7.09. The number of ether oxygens (including phenoxy) is 1. The van der Waals surface area contributed by atoms with Gasteiger partial charge in [0.2, 0.25) is 0 Å². The average molecular weight is 238 g/mol. The highest BCUT2D eigenvalue weighted by Gasteiger charge is 2.19. The molecule has 0 spiro atoms. The molecule has 86 valence electrons. The topological polar surface area (TPSA) is 63.0 Å². The quantitative estimate of drug-likeness (QED) is 0.737. The highest BCUT2D eigenvalue weighted by atomic mass is 32.1. The first-order chi connectivity index (χ1) is 7.69. The maximum absolute atomic E-state index is 11.4. The van der Waals surface area contributed by atoms with E-state index >= 15 is 0 Å². The molecule has 16 heavy (non-hydrogen) atoms. The van der Waals surface area contributed by atoms with Gasteiger partial charge < -0.3 is 4.74 Å². The summed E-state index contributed by atoms with van der Waals surface area (Å²) in [4.78, 5) is 16.6.